The minimum atomic E-state index is -0.241. The number of nitrogens with zero attached hydrogens (tertiary/aromatic N) is 2. The molecule has 0 saturated carbocycles. The van der Waals surface area contributed by atoms with Crippen LogP contribution in [0.1, 0.15) is 20.3 Å². The zero-order valence-electron chi connectivity index (χ0n) is 8.59. The maximum absolute atomic E-state index is 8.89. The van der Waals surface area contributed by atoms with Crippen molar-refractivity contribution in [1.82, 2.24) is 9.97 Å². The van der Waals surface area contributed by atoms with Crippen LogP contribution in [-0.4, -0.2) is 27.2 Å². The molecule has 0 unspecified atom stereocenters. The first-order chi connectivity index (χ1) is 6.96. The summed E-state index contributed by atoms with van der Waals surface area (Å²) in [5.41, 5.74) is -0.241. The summed E-state index contributed by atoms with van der Waals surface area (Å²) < 4.78 is 0.637. The van der Waals surface area contributed by atoms with Crippen molar-refractivity contribution < 1.29 is 5.11 Å². The molecule has 0 aliphatic rings. The molecule has 0 radical (unpaired) electrons. The van der Waals surface area contributed by atoms with Gasteiger partial charge in [0.05, 0.1) is 4.47 Å². The quantitative estimate of drug-likeness (QED) is 0.838. The summed E-state index contributed by atoms with van der Waals surface area (Å²) in [6.45, 7) is 4.08. The van der Waals surface area contributed by atoms with Crippen LogP contribution in [0.5, 0.6) is 0 Å². The van der Waals surface area contributed by atoms with E-state index in [9.17, 15) is 0 Å². The lowest BCUT2D eigenvalue weighted by Crippen LogP contribution is -2.32. The van der Waals surface area contributed by atoms with Gasteiger partial charge in [-0.3, -0.25) is 0 Å². The molecule has 1 aromatic heterocycles. The first kappa shape index (κ1) is 12.7. The van der Waals surface area contributed by atoms with Gasteiger partial charge in [0.2, 0.25) is 0 Å². The van der Waals surface area contributed by atoms with Crippen LogP contribution in [0.2, 0.25) is 5.15 Å². The summed E-state index contributed by atoms with van der Waals surface area (Å²) in [5, 5.41) is 12.4. The van der Waals surface area contributed by atoms with Gasteiger partial charge in [-0.1, -0.05) is 11.6 Å². The van der Waals surface area contributed by atoms with Crippen molar-refractivity contribution in [3.8, 4) is 0 Å². The highest BCUT2D eigenvalue weighted by Crippen LogP contribution is 2.28. The third-order valence-electron chi connectivity index (χ3n) is 1.94. The fourth-order valence-electron chi connectivity index (χ4n) is 1.10. The van der Waals surface area contributed by atoms with Crippen molar-refractivity contribution in [2.75, 3.05) is 11.9 Å². The molecule has 0 saturated heterocycles. The van der Waals surface area contributed by atoms with Crippen LogP contribution in [0.4, 0.5) is 5.82 Å². The Kier molecular flexibility index (Phi) is 4.31. The fraction of sp³-hybridized carbons (Fsp3) is 0.556. The Hall–Kier alpha value is -0.390. The van der Waals surface area contributed by atoms with Gasteiger partial charge in [-0.15, -0.1) is 0 Å². The van der Waals surface area contributed by atoms with E-state index in [1.165, 1.54) is 6.33 Å². The molecule has 0 spiro atoms. The van der Waals surface area contributed by atoms with E-state index >= 15 is 0 Å². The molecule has 0 fully saturated rings. The summed E-state index contributed by atoms with van der Waals surface area (Å²) in [7, 11) is 0. The first-order valence-electron chi connectivity index (χ1n) is 4.51. The van der Waals surface area contributed by atoms with Gasteiger partial charge in [-0.2, -0.15) is 0 Å². The van der Waals surface area contributed by atoms with Crippen LogP contribution >= 0.6 is 27.5 Å². The van der Waals surface area contributed by atoms with Crippen LogP contribution in [0.15, 0.2) is 10.8 Å². The number of rotatable bonds is 4. The molecule has 0 aliphatic heterocycles. The molecule has 0 bridgehead atoms. The average Bonchev–Trinajstić information content (AvgIpc) is 2.12. The van der Waals surface area contributed by atoms with E-state index in [0.717, 1.165) is 0 Å². The summed E-state index contributed by atoms with van der Waals surface area (Å²) in [6.07, 6.45) is 2.02. The normalized spacial score (nSPS) is 11.5. The van der Waals surface area contributed by atoms with E-state index < -0.39 is 0 Å². The number of aromatic nitrogens is 2. The summed E-state index contributed by atoms with van der Waals surface area (Å²) in [5.74, 6) is 0.633. The number of halogens is 2. The molecule has 0 amide bonds. The second-order valence-corrected chi connectivity index (χ2v) is 4.96. The van der Waals surface area contributed by atoms with Gasteiger partial charge in [-0.25, -0.2) is 9.97 Å². The van der Waals surface area contributed by atoms with E-state index in [1.807, 2.05) is 13.8 Å². The highest BCUT2D eigenvalue weighted by molar-refractivity contribution is 9.10. The van der Waals surface area contributed by atoms with Crippen molar-refractivity contribution in [3.63, 3.8) is 0 Å². The number of aliphatic hydroxyl groups is 1. The number of nitrogens with one attached hydrogen (secondary N) is 1. The van der Waals surface area contributed by atoms with Gasteiger partial charge < -0.3 is 10.4 Å². The molecule has 84 valence electrons. The zero-order chi connectivity index (χ0) is 11.5. The van der Waals surface area contributed by atoms with Gasteiger partial charge in [0.1, 0.15) is 17.3 Å². The molecule has 0 aliphatic carbocycles. The lowest BCUT2D eigenvalue weighted by Gasteiger charge is -2.26. The molecule has 6 heteroatoms. The minimum absolute atomic E-state index is 0.121. The van der Waals surface area contributed by atoms with Gasteiger partial charge in [0.15, 0.2) is 0 Å². The van der Waals surface area contributed by atoms with Crippen LogP contribution in [0, 0.1) is 0 Å². The zero-order valence-corrected chi connectivity index (χ0v) is 10.9. The van der Waals surface area contributed by atoms with Crippen LogP contribution in [-0.2, 0) is 0 Å². The van der Waals surface area contributed by atoms with Gasteiger partial charge >= 0.3 is 0 Å². The second-order valence-electron chi connectivity index (χ2n) is 3.81. The monoisotopic (exact) mass is 293 g/mol. The molecule has 2 N–H and O–H groups in total. The first-order valence-corrected chi connectivity index (χ1v) is 5.68. The van der Waals surface area contributed by atoms with Crippen LogP contribution in [0.25, 0.3) is 0 Å². The summed E-state index contributed by atoms with van der Waals surface area (Å²) in [4.78, 5) is 7.90. The second kappa shape index (κ2) is 5.09. The largest absolute Gasteiger partial charge is 0.396 e. The van der Waals surface area contributed by atoms with Gasteiger partial charge in [-0.05, 0) is 36.2 Å². The standard InChI is InChI=1S/C9H13BrClN3O/c1-9(2,3-4-15)14-8-6(10)7(11)12-5-13-8/h5,15H,3-4H2,1-2H3,(H,12,13,14). The van der Waals surface area contributed by atoms with Crippen molar-refractivity contribution in [3.05, 3.63) is 16.0 Å². The maximum atomic E-state index is 8.89. The fourth-order valence-corrected chi connectivity index (χ4v) is 1.54. The highest BCUT2D eigenvalue weighted by atomic mass is 79.9. The lowest BCUT2D eigenvalue weighted by molar-refractivity contribution is 0.260. The predicted octanol–water partition coefficient (Wildman–Crippen LogP) is 2.47. The predicted molar refractivity (Wildman–Crippen MR) is 64.1 cm³/mol. The Morgan fingerprint density at radius 2 is 2.20 bits per heavy atom. The number of hydrogen-bond donors (Lipinski definition) is 2. The van der Waals surface area contributed by atoms with E-state index in [-0.39, 0.29) is 12.1 Å². The molecule has 15 heavy (non-hydrogen) atoms. The molecule has 4 nitrogen and oxygen atoms in total. The van der Waals surface area contributed by atoms with E-state index in [2.05, 4.69) is 31.2 Å². The van der Waals surface area contributed by atoms with Gasteiger partial charge in [0, 0.05) is 12.1 Å². The topological polar surface area (TPSA) is 58.0 Å². The minimum Gasteiger partial charge on any atom is -0.396 e. The molecule has 1 rings (SSSR count). The van der Waals surface area contributed by atoms with E-state index in [0.29, 0.717) is 21.9 Å². The van der Waals surface area contributed by atoms with Crippen molar-refractivity contribution in [1.29, 1.82) is 0 Å². The smallest absolute Gasteiger partial charge is 0.148 e. The van der Waals surface area contributed by atoms with E-state index in [1.54, 1.807) is 0 Å². The third-order valence-corrected chi connectivity index (χ3v) is 3.21. The molecule has 1 heterocycles. The Bertz CT molecular complexity index is 346. The lowest BCUT2D eigenvalue weighted by atomic mass is 10.0. The number of hydrogen-bond acceptors (Lipinski definition) is 4. The molecule has 0 aromatic carbocycles. The number of aliphatic hydroxyl groups excluding tert-OH is 1. The Morgan fingerprint density at radius 3 is 2.80 bits per heavy atom. The number of anilines is 1. The van der Waals surface area contributed by atoms with Crippen molar-refractivity contribution in [2.24, 2.45) is 0 Å². The molecule has 1 aromatic rings. The van der Waals surface area contributed by atoms with Gasteiger partial charge in [0.25, 0.3) is 0 Å². The van der Waals surface area contributed by atoms with E-state index in [4.69, 9.17) is 16.7 Å². The maximum Gasteiger partial charge on any atom is 0.148 e. The molecular weight excluding hydrogens is 281 g/mol. The third kappa shape index (κ3) is 3.59. The van der Waals surface area contributed by atoms with Crippen molar-refractivity contribution >= 4 is 33.3 Å². The summed E-state index contributed by atoms with van der Waals surface area (Å²) >= 11 is 9.13. The molecule has 0 atom stereocenters. The Labute approximate surface area is 102 Å². The Morgan fingerprint density at radius 1 is 1.53 bits per heavy atom. The van der Waals surface area contributed by atoms with Crippen LogP contribution in [0.3, 0.4) is 0 Å². The summed E-state index contributed by atoms with van der Waals surface area (Å²) in [6, 6.07) is 0. The van der Waals surface area contributed by atoms with Crippen molar-refractivity contribution in [2.45, 2.75) is 25.8 Å². The average molecular weight is 295 g/mol. The molecular formula is C9H13BrClN3O. The highest BCUT2D eigenvalue weighted by Gasteiger charge is 2.19. The Balaban J connectivity index is 2.85. The van der Waals surface area contributed by atoms with Crippen LogP contribution < -0.4 is 5.32 Å². The SMILES string of the molecule is CC(C)(CCO)Nc1ncnc(Cl)c1Br.